The smallest absolute Gasteiger partial charge is 0.305 e. The van der Waals surface area contributed by atoms with Crippen molar-refractivity contribution < 1.29 is 75.9 Å². The Morgan fingerprint density at radius 3 is 1.82 bits per heavy atom. The number of rotatable bonds is 28. The van der Waals surface area contributed by atoms with Crippen LogP contribution in [0.1, 0.15) is 90.6 Å². The third kappa shape index (κ3) is 17.6. The summed E-state index contributed by atoms with van der Waals surface area (Å²) in [6.07, 6.45) is 3.93. The van der Waals surface area contributed by atoms with Crippen molar-refractivity contribution in [2.24, 2.45) is 0 Å². The Hall–Kier alpha value is -7.89. The van der Waals surface area contributed by atoms with Crippen molar-refractivity contribution in [2.75, 3.05) is 46.9 Å². The molecule has 5 aromatic rings. The summed E-state index contributed by atoms with van der Waals surface area (Å²) in [4.78, 5) is 109. The molecule has 5 rings (SSSR count). The van der Waals surface area contributed by atoms with Crippen molar-refractivity contribution >= 4 is 99.9 Å². The summed E-state index contributed by atoms with van der Waals surface area (Å²) in [6.45, 7) is 4.22. The van der Waals surface area contributed by atoms with Gasteiger partial charge in [0.25, 0.3) is 5.91 Å². The van der Waals surface area contributed by atoms with Crippen LogP contribution in [0, 0.1) is 11.8 Å². The minimum absolute atomic E-state index is 0.0489. The molecule has 23 nitrogen and oxygen atoms in total. The molecular weight excluding hydrogens is 1050 g/mol. The molecule has 0 saturated carbocycles. The summed E-state index contributed by atoms with van der Waals surface area (Å²) in [5.41, 5.74) is 0.403. The first-order chi connectivity index (χ1) is 36.0. The number of benzene rings is 2. The highest BCUT2D eigenvalue weighted by molar-refractivity contribution is 7.90. The minimum atomic E-state index is -3.54. The number of ether oxygens (including phenoxy) is 4. The number of hydrogen-bond donors (Lipinski definition) is 6. The fourth-order valence-electron chi connectivity index (χ4n) is 6.75. The molecule has 406 valence electrons. The van der Waals surface area contributed by atoms with Gasteiger partial charge in [0, 0.05) is 79.5 Å². The van der Waals surface area contributed by atoms with Crippen molar-refractivity contribution in [3.63, 3.8) is 0 Å². The van der Waals surface area contributed by atoms with Crippen LogP contribution in [0.3, 0.4) is 0 Å². The van der Waals surface area contributed by atoms with Gasteiger partial charge in [0.1, 0.15) is 18.1 Å². The molecule has 5 amide bonds. The molecule has 2 aromatic carbocycles. The van der Waals surface area contributed by atoms with E-state index >= 15 is 0 Å². The number of aromatic nitrogens is 2. The molecule has 0 aliphatic rings. The van der Waals surface area contributed by atoms with E-state index in [1.54, 1.807) is 36.4 Å². The molecule has 26 heteroatoms. The maximum atomic E-state index is 13.1. The number of nitrogens with one attached hydrogen (secondary N) is 4. The van der Waals surface area contributed by atoms with Gasteiger partial charge in [-0.05, 0) is 62.2 Å². The van der Waals surface area contributed by atoms with Crippen LogP contribution >= 0.6 is 22.7 Å². The zero-order chi connectivity index (χ0) is 55.7. The SMILES string of the molecule is COc1cc2cc(C(=O)N(C)CCC(=O)O)sc2cc1OCCCOc1cc2cc(C(=O)CCC(=O)O)sc2cc1OCNC(=O)[C@H](C)NC(=O)[C@@H](C)NC(=O)[C@H](C)NC(=O)CCCC#Cc1cnc(S(C)(=O)=O)nc1. The van der Waals surface area contributed by atoms with Crippen molar-refractivity contribution in [3.8, 4) is 34.8 Å². The van der Waals surface area contributed by atoms with Gasteiger partial charge in [-0.1, -0.05) is 11.8 Å². The molecule has 0 fully saturated rings. The van der Waals surface area contributed by atoms with Gasteiger partial charge in [0.15, 0.2) is 35.5 Å². The maximum Gasteiger partial charge on any atom is 0.305 e. The lowest BCUT2D eigenvalue weighted by molar-refractivity contribution is -0.138. The van der Waals surface area contributed by atoms with E-state index in [2.05, 4.69) is 43.1 Å². The zero-order valence-corrected chi connectivity index (χ0v) is 44.8. The number of carbonyl (C=O) groups is 8. The van der Waals surface area contributed by atoms with E-state index in [0.717, 1.165) is 27.7 Å². The number of amides is 5. The third-order valence-electron chi connectivity index (χ3n) is 10.9. The number of unbranched alkanes of at least 4 members (excludes halogenated alkanes) is 1. The highest BCUT2D eigenvalue weighted by Crippen LogP contribution is 2.39. The lowest BCUT2D eigenvalue weighted by Gasteiger charge is -2.20. The number of carbonyl (C=O) groups excluding carboxylic acids is 6. The molecule has 0 saturated heterocycles. The average molecular weight is 1110 g/mol. The predicted octanol–water partition coefficient (Wildman–Crippen LogP) is 3.95. The van der Waals surface area contributed by atoms with Crippen LogP contribution in [-0.4, -0.2) is 146 Å². The van der Waals surface area contributed by atoms with Crippen molar-refractivity contribution in [2.45, 2.75) is 89.0 Å². The second kappa shape index (κ2) is 27.6. The molecule has 0 aliphatic heterocycles. The summed E-state index contributed by atoms with van der Waals surface area (Å²) in [5, 5.41) is 29.3. The van der Waals surface area contributed by atoms with Gasteiger partial charge < -0.3 is 55.3 Å². The molecule has 76 heavy (non-hydrogen) atoms. The number of sulfone groups is 1. The van der Waals surface area contributed by atoms with Crippen LogP contribution < -0.4 is 40.2 Å². The number of carboxylic acids is 2. The van der Waals surface area contributed by atoms with E-state index < -0.39 is 63.5 Å². The average Bonchev–Trinajstić information content (AvgIpc) is 4.00. The summed E-state index contributed by atoms with van der Waals surface area (Å²) in [5.74, 6) is 1.74. The summed E-state index contributed by atoms with van der Waals surface area (Å²) < 4.78 is 48.1. The van der Waals surface area contributed by atoms with Gasteiger partial charge in [0.2, 0.25) is 38.6 Å². The first-order valence-electron chi connectivity index (χ1n) is 23.5. The van der Waals surface area contributed by atoms with Crippen molar-refractivity contribution in [3.05, 3.63) is 64.1 Å². The number of Topliss-reactive ketones (excluding diaryl/α,β-unsaturated/α-hetero) is 1. The standard InChI is InChI=1S/C50H57N7O16S3/c1-28(55-48(66)30(3)56-47(65)29(2)54-43(59)12-9-7-8-11-31-25-51-50(52-26-31)76(6,68)69)46(64)53-27-73-38-24-39-33(21-41(74-39)34(58)13-14-44(60)61)20-36(38)71-17-10-18-72-37-23-40-32(19-35(37)70-5)22-42(75-40)49(67)57(4)16-15-45(62)63/h19-26,28-30H,7,9-10,12-18,27H2,1-6H3,(H,53,64)(H,54,59)(H,55,66)(H,56,65)(H,60,61)(H,62,63)/t28-,29-,30+/m0/s1. The van der Waals surface area contributed by atoms with Crippen LogP contribution in [0.25, 0.3) is 20.2 Å². The number of nitrogens with zero attached hydrogens (tertiary/aromatic N) is 3. The fourth-order valence-corrected chi connectivity index (χ4v) is 9.35. The molecule has 0 bridgehead atoms. The number of fused-ring (bicyclic) bond motifs is 2. The Morgan fingerprint density at radius 2 is 1.22 bits per heavy atom. The maximum absolute atomic E-state index is 13.1. The lowest BCUT2D eigenvalue weighted by Crippen LogP contribution is -2.54. The normalized spacial score (nSPS) is 12.2. The monoisotopic (exact) mass is 1110 g/mol. The van der Waals surface area contributed by atoms with E-state index in [1.807, 2.05) is 0 Å². The fraction of sp³-hybridized carbons (Fsp3) is 0.400. The van der Waals surface area contributed by atoms with Crippen molar-refractivity contribution in [1.82, 2.24) is 36.1 Å². The van der Waals surface area contributed by atoms with Gasteiger partial charge in [-0.2, -0.15) is 0 Å². The molecule has 6 N–H and O–H groups in total. The molecule has 0 aliphatic carbocycles. The van der Waals surface area contributed by atoms with Crippen LogP contribution in [0.5, 0.6) is 23.0 Å². The number of aliphatic carboxylic acids is 2. The number of carboxylic acid groups (broad SMARTS) is 2. The Kier molecular flexibility index (Phi) is 21.4. The van der Waals surface area contributed by atoms with Gasteiger partial charge in [-0.25, -0.2) is 18.4 Å². The van der Waals surface area contributed by atoms with E-state index in [9.17, 15) is 46.8 Å². The van der Waals surface area contributed by atoms with Gasteiger partial charge in [-0.3, -0.25) is 38.4 Å². The predicted molar refractivity (Wildman–Crippen MR) is 279 cm³/mol. The summed E-state index contributed by atoms with van der Waals surface area (Å²) >= 11 is 2.36. The number of thiophene rings is 2. The Labute approximate surface area is 444 Å². The van der Waals surface area contributed by atoms with Crippen LogP contribution in [0.2, 0.25) is 0 Å². The topological polar surface area (TPSA) is 325 Å². The van der Waals surface area contributed by atoms with Crippen LogP contribution in [0.4, 0.5) is 0 Å². The first kappa shape index (κ1) is 59.0. The Balaban J connectivity index is 1.11. The highest BCUT2D eigenvalue weighted by atomic mass is 32.2. The molecule has 0 unspecified atom stereocenters. The number of methoxy groups -OCH3 is 1. The van der Waals surface area contributed by atoms with E-state index in [0.29, 0.717) is 56.2 Å². The quantitative estimate of drug-likeness (QED) is 0.0136. The summed E-state index contributed by atoms with van der Waals surface area (Å²) in [7, 11) is -0.524. The van der Waals surface area contributed by atoms with Crippen LogP contribution in [0.15, 0.2) is 53.9 Å². The molecule has 0 radical (unpaired) electrons. The minimum Gasteiger partial charge on any atom is -0.493 e. The molecule has 3 atom stereocenters. The molecular formula is C50H57N7O16S3. The second-order valence-electron chi connectivity index (χ2n) is 17.1. The molecule has 3 aromatic heterocycles. The van der Waals surface area contributed by atoms with Crippen molar-refractivity contribution in [1.29, 1.82) is 0 Å². The Morgan fingerprint density at radius 1 is 0.684 bits per heavy atom. The number of hydrogen-bond acceptors (Lipinski definition) is 18. The largest absolute Gasteiger partial charge is 0.493 e. The number of ketones is 1. The van der Waals surface area contributed by atoms with Gasteiger partial charge in [0.05, 0.1) is 48.5 Å². The highest BCUT2D eigenvalue weighted by Gasteiger charge is 2.25. The second-order valence-corrected chi connectivity index (χ2v) is 21.2. The van der Waals surface area contributed by atoms with E-state index in [1.165, 1.54) is 63.6 Å². The third-order valence-corrected chi connectivity index (χ3v) is 14.0. The van der Waals surface area contributed by atoms with Gasteiger partial charge >= 0.3 is 11.9 Å². The molecule has 0 spiro atoms. The van der Waals surface area contributed by atoms with E-state index in [4.69, 9.17) is 29.2 Å². The zero-order valence-electron chi connectivity index (χ0n) is 42.3. The Bertz CT molecular complexity index is 3150. The van der Waals surface area contributed by atoms with Gasteiger partial charge in [-0.15, -0.1) is 22.7 Å². The lowest BCUT2D eigenvalue weighted by atomic mass is 10.1. The van der Waals surface area contributed by atoms with E-state index in [-0.39, 0.29) is 80.5 Å². The summed E-state index contributed by atoms with van der Waals surface area (Å²) in [6, 6.07) is 6.90. The first-order valence-corrected chi connectivity index (χ1v) is 27.0. The molecule has 3 heterocycles. The van der Waals surface area contributed by atoms with Crippen LogP contribution in [-0.2, 0) is 38.6 Å².